The second-order valence-corrected chi connectivity index (χ2v) is 4.87. The smallest absolute Gasteiger partial charge is 0.223 e. The lowest BCUT2D eigenvalue weighted by molar-refractivity contribution is -0.121. The fourth-order valence-electron chi connectivity index (χ4n) is 2.06. The Morgan fingerprint density at radius 2 is 1.78 bits per heavy atom. The Kier molecular flexibility index (Phi) is 6.29. The van der Waals surface area contributed by atoms with E-state index in [9.17, 15) is 4.79 Å². The van der Waals surface area contributed by atoms with Crippen molar-refractivity contribution in [3.05, 3.63) is 54.1 Å². The van der Waals surface area contributed by atoms with E-state index in [1.54, 1.807) is 20.3 Å². The Balaban J connectivity index is 1.78. The summed E-state index contributed by atoms with van der Waals surface area (Å²) in [5.74, 6) is 2.09. The number of hydrogen-bond acceptors (Lipinski definition) is 4. The van der Waals surface area contributed by atoms with Gasteiger partial charge in [0.05, 0.1) is 27.2 Å². The molecule has 23 heavy (non-hydrogen) atoms. The van der Waals surface area contributed by atoms with Crippen molar-refractivity contribution < 1.29 is 19.0 Å². The molecular weight excluding hydrogens is 294 g/mol. The van der Waals surface area contributed by atoms with Crippen LogP contribution in [0, 0.1) is 0 Å². The maximum absolute atomic E-state index is 11.9. The van der Waals surface area contributed by atoms with Gasteiger partial charge in [0.1, 0.15) is 17.2 Å². The first-order chi connectivity index (χ1) is 11.2. The number of para-hydroxylation sites is 1. The summed E-state index contributed by atoms with van der Waals surface area (Å²) in [5, 5.41) is 2.86. The van der Waals surface area contributed by atoms with Gasteiger partial charge in [0.25, 0.3) is 0 Å². The minimum absolute atomic E-state index is 0.0706. The lowest BCUT2D eigenvalue weighted by atomic mass is 10.2. The van der Waals surface area contributed by atoms with Crippen LogP contribution in [0.3, 0.4) is 0 Å². The van der Waals surface area contributed by atoms with Crippen molar-refractivity contribution in [2.45, 2.75) is 13.0 Å². The van der Waals surface area contributed by atoms with Gasteiger partial charge in [-0.25, -0.2) is 0 Å². The van der Waals surface area contributed by atoms with E-state index in [-0.39, 0.29) is 5.91 Å². The Morgan fingerprint density at radius 3 is 2.48 bits per heavy atom. The van der Waals surface area contributed by atoms with Crippen LogP contribution < -0.4 is 19.5 Å². The number of benzene rings is 2. The SMILES string of the molecule is COc1ccc(CNC(=O)CCOc2ccccc2)c(OC)c1. The third-order valence-corrected chi connectivity index (χ3v) is 3.31. The molecular formula is C18H21NO4. The third kappa shape index (κ3) is 5.21. The van der Waals surface area contributed by atoms with Gasteiger partial charge in [0.2, 0.25) is 5.91 Å². The van der Waals surface area contributed by atoms with Gasteiger partial charge in [-0.15, -0.1) is 0 Å². The van der Waals surface area contributed by atoms with Crippen LogP contribution >= 0.6 is 0 Å². The molecule has 0 spiro atoms. The number of nitrogens with one attached hydrogen (secondary N) is 1. The molecule has 0 saturated heterocycles. The summed E-state index contributed by atoms with van der Waals surface area (Å²) >= 11 is 0. The van der Waals surface area contributed by atoms with Crippen LogP contribution in [0.2, 0.25) is 0 Å². The highest BCUT2D eigenvalue weighted by atomic mass is 16.5. The summed E-state index contributed by atoms with van der Waals surface area (Å²) in [4.78, 5) is 11.9. The Bertz CT molecular complexity index is 628. The zero-order chi connectivity index (χ0) is 16.5. The number of methoxy groups -OCH3 is 2. The maximum Gasteiger partial charge on any atom is 0.223 e. The molecule has 122 valence electrons. The molecule has 0 unspecified atom stereocenters. The highest BCUT2D eigenvalue weighted by molar-refractivity contribution is 5.76. The average molecular weight is 315 g/mol. The van der Waals surface area contributed by atoms with Crippen LogP contribution in [0.4, 0.5) is 0 Å². The number of carbonyl (C=O) groups is 1. The van der Waals surface area contributed by atoms with Gasteiger partial charge in [-0.05, 0) is 24.3 Å². The molecule has 0 bridgehead atoms. The molecule has 0 radical (unpaired) electrons. The van der Waals surface area contributed by atoms with Crippen LogP contribution in [0.25, 0.3) is 0 Å². The van der Waals surface area contributed by atoms with Gasteiger partial charge in [-0.3, -0.25) is 4.79 Å². The monoisotopic (exact) mass is 315 g/mol. The minimum Gasteiger partial charge on any atom is -0.497 e. The molecule has 0 aliphatic heterocycles. The fraction of sp³-hybridized carbons (Fsp3) is 0.278. The summed E-state index contributed by atoms with van der Waals surface area (Å²) < 4.78 is 16.0. The molecule has 0 heterocycles. The van der Waals surface area contributed by atoms with Gasteiger partial charge in [0, 0.05) is 18.2 Å². The topological polar surface area (TPSA) is 56.8 Å². The van der Waals surface area contributed by atoms with Crippen molar-refractivity contribution in [3.63, 3.8) is 0 Å². The highest BCUT2D eigenvalue weighted by Crippen LogP contribution is 2.24. The standard InChI is InChI=1S/C18H21NO4/c1-21-16-9-8-14(17(12-16)22-2)13-19-18(20)10-11-23-15-6-4-3-5-7-15/h3-9,12H,10-11,13H2,1-2H3,(H,19,20). The van der Waals surface area contributed by atoms with E-state index in [1.165, 1.54) is 0 Å². The second kappa shape index (κ2) is 8.68. The molecule has 5 nitrogen and oxygen atoms in total. The predicted octanol–water partition coefficient (Wildman–Crippen LogP) is 2.79. The summed E-state index contributed by atoms with van der Waals surface area (Å²) in [5.41, 5.74) is 0.894. The quantitative estimate of drug-likeness (QED) is 0.814. The molecule has 0 aromatic heterocycles. The molecule has 0 atom stereocenters. The van der Waals surface area contributed by atoms with Gasteiger partial charge in [-0.2, -0.15) is 0 Å². The van der Waals surface area contributed by atoms with E-state index in [4.69, 9.17) is 14.2 Å². The molecule has 5 heteroatoms. The minimum atomic E-state index is -0.0706. The molecule has 2 rings (SSSR count). The summed E-state index contributed by atoms with van der Waals surface area (Å²) in [6.45, 7) is 0.743. The van der Waals surface area contributed by atoms with Crippen LogP contribution in [0.1, 0.15) is 12.0 Å². The highest BCUT2D eigenvalue weighted by Gasteiger charge is 2.07. The number of amides is 1. The summed E-state index contributed by atoms with van der Waals surface area (Å²) in [6, 6.07) is 14.9. The zero-order valence-electron chi connectivity index (χ0n) is 13.4. The first kappa shape index (κ1) is 16.7. The first-order valence-corrected chi connectivity index (χ1v) is 7.38. The molecule has 0 aliphatic rings. The van der Waals surface area contributed by atoms with Crippen molar-refractivity contribution in [1.82, 2.24) is 5.32 Å². The third-order valence-electron chi connectivity index (χ3n) is 3.31. The van der Waals surface area contributed by atoms with E-state index in [2.05, 4.69) is 5.32 Å². The Hall–Kier alpha value is -2.69. The largest absolute Gasteiger partial charge is 0.497 e. The van der Waals surface area contributed by atoms with Gasteiger partial charge >= 0.3 is 0 Å². The number of rotatable bonds is 8. The van der Waals surface area contributed by atoms with E-state index in [0.29, 0.717) is 31.1 Å². The molecule has 0 saturated carbocycles. The van der Waals surface area contributed by atoms with Crippen molar-refractivity contribution >= 4 is 5.91 Å². The molecule has 1 amide bonds. The molecule has 2 aromatic rings. The lowest BCUT2D eigenvalue weighted by Gasteiger charge is -2.11. The maximum atomic E-state index is 11.9. The van der Waals surface area contributed by atoms with Gasteiger partial charge in [-0.1, -0.05) is 18.2 Å². The van der Waals surface area contributed by atoms with Crippen molar-refractivity contribution in [1.29, 1.82) is 0 Å². The summed E-state index contributed by atoms with van der Waals surface area (Å²) in [6.07, 6.45) is 0.299. The van der Waals surface area contributed by atoms with E-state index < -0.39 is 0 Å². The summed E-state index contributed by atoms with van der Waals surface area (Å²) in [7, 11) is 3.19. The van der Waals surface area contributed by atoms with E-state index in [0.717, 1.165) is 11.3 Å². The lowest BCUT2D eigenvalue weighted by Crippen LogP contribution is -2.24. The fourth-order valence-corrected chi connectivity index (χ4v) is 2.06. The molecule has 0 fully saturated rings. The van der Waals surface area contributed by atoms with Crippen LogP contribution in [-0.4, -0.2) is 26.7 Å². The predicted molar refractivity (Wildman–Crippen MR) is 87.9 cm³/mol. The van der Waals surface area contributed by atoms with Gasteiger partial charge < -0.3 is 19.5 Å². The molecule has 1 N–H and O–H groups in total. The van der Waals surface area contributed by atoms with Gasteiger partial charge in [0.15, 0.2) is 0 Å². The average Bonchev–Trinajstić information content (AvgIpc) is 2.60. The Morgan fingerprint density at radius 1 is 1.00 bits per heavy atom. The zero-order valence-corrected chi connectivity index (χ0v) is 13.4. The molecule has 0 aliphatic carbocycles. The van der Waals surface area contributed by atoms with Crippen molar-refractivity contribution in [2.24, 2.45) is 0 Å². The number of hydrogen-bond donors (Lipinski definition) is 1. The molecule has 2 aromatic carbocycles. The first-order valence-electron chi connectivity index (χ1n) is 7.38. The van der Waals surface area contributed by atoms with Crippen molar-refractivity contribution in [3.8, 4) is 17.2 Å². The van der Waals surface area contributed by atoms with Crippen molar-refractivity contribution in [2.75, 3.05) is 20.8 Å². The van der Waals surface area contributed by atoms with Crippen LogP contribution in [-0.2, 0) is 11.3 Å². The van der Waals surface area contributed by atoms with E-state index >= 15 is 0 Å². The normalized spacial score (nSPS) is 10.0. The number of carbonyl (C=O) groups excluding carboxylic acids is 1. The van der Waals surface area contributed by atoms with E-state index in [1.807, 2.05) is 42.5 Å². The van der Waals surface area contributed by atoms with Crippen LogP contribution in [0.5, 0.6) is 17.2 Å². The second-order valence-electron chi connectivity index (χ2n) is 4.87. The Labute approximate surface area is 136 Å². The number of ether oxygens (including phenoxy) is 3. The van der Waals surface area contributed by atoms with Crippen LogP contribution in [0.15, 0.2) is 48.5 Å².